The Morgan fingerprint density at radius 3 is 2.95 bits per heavy atom. The number of hydrogen-bond acceptors (Lipinski definition) is 3. The van der Waals surface area contributed by atoms with Crippen LogP contribution in [0.2, 0.25) is 0 Å². The number of nitrogens with zero attached hydrogens (tertiary/aromatic N) is 1. The maximum Gasteiger partial charge on any atom is 0.221 e. The van der Waals surface area contributed by atoms with Crippen LogP contribution in [-0.4, -0.2) is 35.5 Å². The van der Waals surface area contributed by atoms with Crippen LogP contribution in [-0.2, 0) is 4.79 Å². The molecule has 1 saturated carbocycles. The second-order valence-corrected chi connectivity index (χ2v) is 7.13. The lowest BCUT2D eigenvalue weighted by molar-refractivity contribution is -0.120. The standard InChI is InChI=1S/C15H27N3OS/c1-3-9-16-13(19)6-10-17-14-18-15(11-20-14)7-4-12(2)5-8-15/h12H,3-11H2,1-2H3,(H,16,19)(H,17,18). The molecule has 20 heavy (non-hydrogen) atoms. The molecule has 0 aromatic heterocycles. The van der Waals surface area contributed by atoms with Crippen LogP contribution in [0.5, 0.6) is 0 Å². The van der Waals surface area contributed by atoms with Crippen LogP contribution in [0.1, 0.15) is 52.4 Å². The van der Waals surface area contributed by atoms with Gasteiger partial charge in [0.2, 0.25) is 5.91 Å². The van der Waals surface area contributed by atoms with E-state index in [0.717, 1.165) is 29.8 Å². The van der Waals surface area contributed by atoms with E-state index in [1.807, 2.05) is 11.8 Å². The minimum absolute atomic E-state index is 0.111. The Morgan fingerprint density at radius 1 is 1.50 bits per heavy atom. The van der Waals surface area contributed by atoms with Crippen molar-refractivity contribution in [1.29, 1.82) is 0 Å². The van der Waals surface area contributed by atoms with E-state index >= 15 is 0 Å². The fraction of sp³-hybridized carbons (Fsp3) is 0.867. The summed E-state index contributed by atoms with van der Waals surface area (Å²) in [5, 5.41) is 7.55. The van der Waals surface area contributed by atoms with Crippen molar-refractivity contribution < 1.29 is 4.79 Å². The topological polar surface area (TPSA) is 53.5 Å². The highest BCUT2D eigenvalue weighted by molar-refractivity contribution is 8.14. The molecule has 0 aromatic carbocycles. The van der Waals surface area contributed by atoms with E-state index in [2.05, 4.69) is 29.5 Å². The molecule has 2 fully saturated rings. The summed E-state index contributed by atoms with van der Waals surface area (Å²) in [6, 6.07) is 0. The monoisotopic (exact) mass is 297 g/mol. The molecule has 2 rings (SSSR count). The van der Waals surface area contributed by atoms with Gasteiger partial charge in [-0.15, -0.1) is 0 Å². The molecule has 5 heteroatoms. The number of carbonyl (C=O) groups excluding carboxylic acids is 1. The lowest BCUT2D eigenvalue weighted by Gasteiger charge is -2.35. The van der Waals surface area contributed by atoms with E-state index in [-0.39, 0.29) is 5.91 Å². The normalized spacial score (nSPS) is 31.5. The third-order valence-corrected chi connectivity index (χ3v) is 5.46. The molecule has 2 N–H and O–H groups in total. The Balaban J connectivity index is 1.72. The molecule has 0 aromatic rings. The van der Waals surface area contributed by atoms with Gasteiger partial charge in [0.25, 0.3) is 0 Å². The van der Waals surface area contributed by atoms with Crippen LogP contribution in [0.3, 0.4) is 0 Å². The summed E-state index contributed by atoms with van der Waals surface area (Å²) in [5.74, 6) is 2.12. The first-order chi connectivity index (χ1) is 9.63. The Labute approximate surface area is 126 Å². The van der Waals surface area contributed by atoms with Crippen LogP contribution >= 0.6 is 11.8 Å². The van der Waals surface area contributed by atoms with E-state index in [1.54, 1.807) is 0 Å². The van der Waals surface area contributed by atoms with Crippen molar-refractivity contribution in [1.82, 2.24) is 10.6 Å². The fourth-order valence-electron chi connectivity index (χ4n) is 2.79. The summed E-state index contributed by atoms with van der Waals surface area (Å²) in [6.45, 7) is 5.77. The maximum absolute atomic E-state index is 11.5. The predicted molar refractivity (Wildman–Crippen MR) is 86.2 cm³/mol. The van der Waals surface area contributed by atoms with Crippen molar-refractivity contribution in [3.63, 3.8) is 0 Å². The number of hydrogen-bond donors (Lipinski definition) is 2. The zero-order chi connectivity index (χ0) is 14.4. The molecule has 2 aliphatic rings. The first-order valence-electron chi connectivity index (χ1n) is 7.86. The SMILES string of the molecule is CCCNC(=O)CCN=C1NC2(CCC(C)CC2)CS1. The number of aliphatic imine (C=N–C) groups is 1. The molecule has 0 bridgehead atoms. The van der Waals surface area contributed by atoms with Crippen molar-refractivity contribution in [2.24, 2.45) is 10.9 Å². The zero-order valence-corrected chi connectivity index (χ0v) is 13.5. The summed E-state index contributed by atoms with van der Waals surface area (Å²) in [5.41, 5.74) is 0.292. The Bertz CT molecular complexity index is 362. The van der Waals surface area contributed by atoms with Gasteiger partial charge in [0, 0.05) is 24.3 Å². The Kier molecular flexibility index (Phi) is 5.75. The van der Waals surface area contributed by atoms with Crippen LogP contribution in [0, 0.1) is 5.92 Å². The summed E-state index contributed by atoms with van der Waals surface area (Å²) < 4.78 is 0. The Hall–Kier alpha value is -0.710. The van der Waals surface area contributed by atoms with Crippen molar-refractivity contribution in [2.45, 2.75) is 57.9 Å². The molecular formula is C15H27N3OS. The molecule has 0 unspecified atom stereocenters. The van der Waals surface area contributed by atoms with Crippen molar-refractivity contribution in [3.05, 3.63) is 0 Å². The maximum atomic E-state index is 11.5. The van der Waals surface area contributed by atoms with Gasteiger partial charge in [0.15, 0.2) is 5.17 Å². The van der Waals surface area contributed by atoms with E-state index in [4.69, 9.17) is 0 Å². The lowest BCUT2D eigenvalue weighted by atomic mass is 9.78. The van der Waals surface area contributed by atoms with Gasteiger partial charge in [-0.05, 0) is 38.0 Å². The van der Waals surface area contributed by atoms with Gasteiger partial charge in [-0.2, -0.15) is 0 Å². The summed E-state index contributed by atoms with van der Waals surface area (Å²) in [7, 11) is 0. The summed E-state index contributed by atoms with van der Waals surface area (Å²) >= 11 is 1.83. The average molecular weight is 297 g/mol. The number of amidine groups is 1. The largest absolute Gasteiger partial charge is 0.359 e. The second kappa shape index (κ2) is 7.34. The predicted octanol–water partition coefficient (Wildman–Crippen LogP) is 2.54. The van der Waals surface area contributed by atoms with Gasteiger partial charge in [-0.3, -0.25) is 9.79 Å². The van der Waals surface area contributed by atoms with Gasteiger partial charge < -0.3 is 10.6 Å². The lowest BCUT2D eigenvalue weighted by Crippen LogP contribution is -2.46. The molecule has 114 valence electrons. The van der Waals surface area contributed by atoms with E-state index < -0.39 is 0 Å². The smallest absolute Gasteiger partial charge is 0.221 e. The summed E-state index contributed by atoms with van der Waals surface area (Å²) in [6.07, 6.45) is 6.64. The number of rotatable bonds is 5. The van der Waals surface area contributed by atoms with Gasteiger partial charge >= 0.3 is 0 Å². The fourth-order valence-corrected chi connectivity index (χ4v) is 4.03. The molecule has 1 spiro atoms. The molecule has 4 nitrogen and oxygen atoms in total. The third kappa shape index (κ3) is 4.40. The molecule has 1 saturated heterocycles. The van der Waals surface area contributed by atoms with Crippen molar-refractivity contribution in [3.8, 4) is 0 Å². The Morgan fingerprint density at radius 2 is 2.25 bits per heavy atom. The highest BCUT2D eigenvalue weighted by Gasteiger charge is 2.39. The van der Waals surface area contributed by atoms with Gasteiger partial charge in [-0.25, -0.2) is 0 Å². The minimum Gasteiger partial charge on any atom is -0.359 e. The minimum atomic E-state index is 0.111. The molecule has 1 amide bonds. The summed E-state index contributed by atoms with van der Waals surface area (Å²) in [4.78, 5) is 16.0. The highest BCUT2D eigenvalue weighted by atomic mass is 32.2. The number of amides is 1. The first-order valence-corrected chi connectivity index (χ1v) is 8.84. The van der Waals surface area contributed by atoms with Gasteiger partial charge in [0.1, 0.15) is 0 Å². The molecular weight excluding hydrogens is 270 g/mol. The van der Waals surface area contributed by atoms with Crippen LogP contribution < -0.4 is 10.6 Å². The van der Waals surface area contributed by atoms with Gasteiger partial charge in [-0.1, -0.05) is 25.6 Å². The van der Waals surface area contributed by atoms with Gasteiger partial charge in [0.05, 0.1) is 6.54 Å². The van der Waals surface area contributed by atoms with Crippen LogP contribution in [0.15, 0.2) is 4.99 Å². The van der Waals surface area contributed by atoms with Crippen LogP contribution in [0.4, 0.5) is 0 Å². The zero-order valence-electron chi connectivity index (χ0n) is 12.7. The van der Waals surface area contributed by atoms with Crippen LogP contribution in [0.25, 0.3) is 0 Å². The number of carbonyl (C=O) groups is 1. The highest BCUT2D eigenvalue weighted by Crippen LogP contribution is 2.38. The molecule has 0 atom stereocenters. The quantitative estimate of drug-likeness (QED) is 0.820. The molecule has 1 aliphatic heterocycles. The number of nitrogens with one attached hydrogen (secondary N) is 2. The van der Waals surface area contributed by atoms with Crippen molar-refractivity contribution in [2.75, 3.05) is 18.8 Å². The second-order valence-electron chi connectivity index (χ2n) is 6.16. The molecule has 1 aliphatic carbocycles. The van der Waals surface area contributed by atoms with E-state index in [1.165, 1.54) is 25.7 Å². The van der Waals surface area contributed by atoms with E-state index in [0.29, 0.717) is 18.5 Å². The van der Waals surface area contributed by atoms with E-state index in [9.17, 15) is 4.79 Å². The average Bonchev–Trinajstić information content (AvgIpc) is 2.84. The number of thioether (sulfide) groups is 1. The molecule has 1 heterocycles. The first kappa shape index (κ1) is 15.7. The van der Waals surface area contributed by atoms with Crippen molar-refractivity contribution >= 4 is 22.8 Å². The molecule has 0 radical (unpaired) electrons. The third-order valence-electron chi connectivity index (χ3n) is 4.26.